The average molecular weight is 130 g/mol. The van der Waals surface area contributed by atoms with Crippen LogP contribution in [0.15, 0.2) is 0 Å². The molecule has 1 saturated heterocycles. The molecule has 4 heteroatoms. The van der Waals surface area contributed by atoms with Crippen LogP contribution in [0.25, 0.3) is 0 Å². The predicted octanol–water partition coefficient (Wildman–Crippen LogP) is -0.974. The summed E-state index contributed by atoms with van der Waals surface area (Å²) >= 11 is 0. The van der Waals surface area contributed by atoms with Crippen LogP contribution in [0.2, 0.25) is 0 Å². The van der Waals surface area contributed by atoms with Gasteiger partial charge in [-0.25, -0.2) is 5.48 Å². The van der Waals surface area contributed by atoms with Gasteiger partial charge in [0.1, 0.15) is 0 Å². The Morgan fingerprint density at radius 1 is 1.89 bits per heavy atom. The third-order valence-corrected chi connectivity index (χ3v) is 1.34. The van der Waals surface area contributed by atoms with Crippen LogP contribution in [-0.4, -0.2) is 25.6 Å². The molecule has 0 aliphatic carbocycles. The number of rotatable bonds is 4. The van der Waals surface area contributed by atoms with Gasteiger partial charge in [-0.15, -0.1) is 0 Å². The van der Waals surface area contributed by atoms with E-state index in [1.165, 1.54) is 0 Å². The van der Waals surface area contributed by atoms with Crippen molar-refractivity contribution in [3.63, 3.8) is 0 Å². The third-order valence-electron chi connectivity index (χ3n) is 1.34. The normalized spacial score (nSPS) is 24.7. The molecule has 0 bridgehead atoms. The monoisotopic (exact) mass is 130 g/mol. The zero-order chi connectivity index (χ0) is 6.53. The molecule has 1 aliphatic heterocycles. The summed E-state index contributed by atoms with van der Waals surface area (Å²) in [5, 5.41) is 3.12. The van der Waals surface area contributed by atoms with Gasteiger partial charge in [-0.05, 0) is 13.0 Å². The minimum Gasteiger partial charge on any atom is -0.311 e. The lowest BCUT2D eigenvalue weighted by Crippen LogP contribution is -2.46. The Labute approximate surface area is 53.5 Å². The maximum atomic E-state index is 9.64. The highest BCUT2D eigenvalue weighted by atomic mass is 16.6. The second-order valence-electron chi connectivity index (χ2n) is 1.99. The molecule has 52 valence electrons. The molecule has 2 N–H and O–H groups in total. The van der Waals surface area contributed by atoms with Crippen LogP contribution in [-0.2, 0) is 9.63 Å². The topological polar surface area (TPSA) is 50.4 Å². The summed E-state index contributed by atoms with van der Waals surface area (Å²) in [6.45, 7) is 1.63. The van der Waals surface area contributed by atoms with Crippen molar-refractivity contribution < 1.29 is 9.63 Å². The van der Waals surface area contributed by atoms with Crippen molar-refractivity contribution in [3.8, 4) is 0 Å². The number of nitrogens with one attached hydrogen (secondary N) is 2. The minimum atomic E-state index is 0.442. The van der Waals surface area contributed by atoms with Crippen LogP contribution in [0.1, 0.15) is 6.42 Å². The minimum absolute atomic E-state index is 0.442. The molecule has 0 unspecified atom stereocenters. The van der Waals surface area contributed by atoms with Crippen LogP contribution >= 0.6 is 0 Å². The summed E-state index contributed by atoms with van der Waals surface area (Å²) in [6, 6.07) is 0.442. The Bertz CT molecular complexity index is 93.0. The van der Waals surface area contributed by atoms with E-state index in [1.54, 1.807) is 0 Å². The molecule has 1 atom stereocenters. The van der Waals surface area contributed by atoms with Crippen molar-refractivity contribution >= 4 is 6.41 Å². The van der Waals surface area contributed by atoms with Gasteiger partial charge >= 0.3 is 0 Å². The fourth-order valence-electron chi connectivity index (χ4n) is 0.673. The van der Waals surface area contributed by atoms with Crippen LogP contribution in [0, 0.1) is 0 Å². The van der Waals surface area contributed by atoms with E-state index in [0.29, 0.717) is 19.1 Å². The molecule has 0 aromatic rings. The zero-order valence-corrected chi connectivity index (χ0v) is 5.09. The highest BCUT2D eigenvalue weighted by Gasteiger charge is 2.15. The summed E-state index contributed by atoms with van der Waals surface area (Å²) in [4.78, 5) is 14.3. The van der Waals surface area contributed by atoms with Crippen molar-refractivity contribution in [1.82, 2.24) is 10.8 Å². The van der Waals surface area contributed by atoms with Gasteiger partial charge in [-0.2, -0.15) is 0 Å². The molecule has 0 spiro atoms. The first kappa shape index (κ1) is 6.51. The predicted molar refractivity (Wildman–Crippen MR) is 31.6 cm³/mol. The fraction of sp³-hybridized carbons (Fsp3) is 0.800. The van der Waals surface area contributed by atoms with Gasteiger partial charge in [-0.1, -0.05) is 0 Å². The third kappa shape index (κ3) is 1.99. The van der Waals surface area contributed by atoms with Crippen molar-refractivity contribution in [2.45, 2.75) is 12.5 Å². The molecule has 0 aromatic heterocycles. The first-order chi connectivity index (χ1) is 4.43. The van der Waals surface area contributed by atoms with E-state index in [2.05, 4.69) is 10.8 Å². The summed E-state index contributed by atoms with van der Waals surface area (Å²) in [6.07, 6.45) is 1.67. The van der Waals surface area contributed by atoms with E-state index in [9.17, 15) is 4.79 Å². The molecular formula is C5H10N2O2. The van der Waals surface area contributed by atoms with Crippen LogP contribution in [0.3, 0.4) is 0 Å². The standard InChI is InChI=1S/C5H10N2O2/c8-4-7-9-3-5-1-2-6-5/h4-6H,1-3H2,(H,7,8)/t5-/m0/s1. The van der Waals surface area contributed by atoms with Crippen molar-refractivity contribution in [3.05, 3.63) is 0 Å². The molecule has 1 fully saturated rings. The molecule has 1 aliphatic rings. The van der Waals surface area contributed by atoms with Gasteiger partial charge in [-0.3, -0.25) is 9.63 Å². The van der Waals surface area contributed by atoms with E-state index in [4.69, 9.17) is 4.84 Å². The summed E-state index contributed by atoms with van der Waals surface area (Å²) in [7, 11) is 0. The quantitative estimate of drug-likeness (QED) is 0.292. The molecule has 1 heterocycles. The second kappa shape index (κ2) is 3.42. The molecule has 1 rings (SSSR count). The number of amides is 1. The van der Waals surface area contributed by atoms with Gasteiger partial charge in [0.2, 0.25) is 6.41 Å². The van der Waals surface area contributed by atoms with Gasteiger partial charge in [0.25, 0.3) is 0 Å². The highest BCUT2D eigenvalue weighted by molar-refractivity contribution is 5.43. The van der Waals surface area contributed by atoms with Crippen molar-refractivity contribution in [2.24, 2.45) is 0 Å². The van der Waals surface area contributed by atoms with E-state index < -0.39 is 0 Å². The fourth-order valence-corrected chi connectivity index (χ4v) is 0.673. The number of carbonyl (C=O) groups is 1. The Morgan fingerprint density at radius 3 is 3.11 bits per heavy atom. The zero-order valence-electron chi connectivity index (χ0n) is 5.09. The van der Waals surface area contributed by atoms with Gasteiger partial charge < -0.3 is 5.32 Å². The molecule has 1 amide bonds. The van der Waals surface area contributed by atoms with Gasteiger partial charge in [0.15, 0.2) is 0 Å². The van der Waals surface area contributed by atoms with Gasteiger partial charge in [0, 0.05) is 6.04 Å². The molecule has 0 radical (unpaired) electrons. The Kier molecular flexibility index (Phi) is 2.48. The molecule has 0 saturated carbocycles. The molecule has 9 heavy (non-hydrogen) atoms. The lowest BCUT2D eigenvalue weighted by atomic mass is 10.1. The van der Waals surface area contributed by atoms with Gasteiger partial charge in [0.05, 0.1) is 6.61 Å². The first-order valence-corrected chi connectivity index (χ1v) is 2.98. The Morgan fingerprint density at radius 2 is 2.67 bits per heavy atom. The van der Waals surface area contributed by atoms with E-state index in [-0.39, 0.29) is 0 Å². The molecular weight excluding hydrogens is 120 g/mol. The average Bonchev–Trinajstić information content (AvgIpc) is 1.76. The Balaban J connectivity index is 1.85. The van der Waals surface area contributed by atoms with Crippen LogP contribution in [0.4, 0.5) is 0 Å². The first-order valence-electron chi connectivity index (χ1n) is 2.98. The number of carbonyl (C=O) groups excluding carboxylic acids is 1. The summed E-state index contributed by atoms with van der Waals surface area (Å²) < 4.78 is 0. The molecule has 4 nitrogen and oxygen atoms in total. The number of hydroxylamine groups is 1. The highest BCUT2D eigenvalue weighted by Crippen LogP contribution is 1.99. The lowest BCUT2D eigenvalue weighted by molar-refractivity contribution is -0.121. The number of hydrogen-bond donors (Lipinski definition) is 2. The lowest BCUT2D eigenvalue weighted by Gasteiger charge is -2.26. The van der Waals surface area contributed by atoms with Crippen LogP contribution < -0.4 is 10.8 Å². The van der Waals surface area contributed by atoms with Crippen molar-refractivity contribution in [2.75, 3.05) is 13.2 Å². The largest absolute Gasteiger partial charge is 0.311 e. The SMILES string of the molecule is O=CNOC[C@@H]1CCN1. The smallest absolute Gasteiger partial charge is 0.230 e. The maximum absolute atomic E-state index is 9.64. The summed E-state index contributed by atoms with van der Waals surface area (Å²) in [5.41, 5.74) is 2.13. The van der Waals surface area contributed by atoms with E-state index >= 15 is 0 Å². The van der Waals surface area contributed by atoms with Crippen molar-refractivity contribution in [1.29, 1.82) is 0 Å². The van der Waals surface area contributed by atoms with E-state index in [1.807, 2.05) is 0 Å². The Hall–Kier alpha value is -0.610. The number of hydrogen-bond acceptors (Lipinski definition) is 3. The second-order valence-corrected chi connectivity index (χ2v) is 1.99. The van der Waals surface area contributed by atoms with E-state index in [0.717, 1.165) is 13.0 Å². The van der Waals surface area contributed by atoms with Crippen LogP contribution in [0.5, 0.6) is 0 Å². The molecule has 0 aromatic carbocycles. The maximum Gasteiger partial charge on any atom is 0.230 e. The summed E-state index contributed by atoms with van der Waals surface area (Å²) in [5.74, 6) is 0.